The van der Waals surface area contributed by atoms with Gasteiger partial charge in [0, 0.05) is 6.54 Å². The summed E-state index contributed by atoms with van der Waals surface area (Å²) in [6.45, 7) is 1.95. The lowest BCUT2D eigenvalue weighted by atomic mass is 9.85. The Labute approximate surface area is 108 Å². The van der Waals surface area contributed by atoms with Gasteiger partial charge in [-0.2, -0.15) is 0 Å². The maximum Gasteiger partial charge on any atom is 0.328 e. The third kappa shape index (κ3) is 3.57. The van der Waals surface area contributed by atoms with Crippen LogP contribution in [-0.4, -0.2) is 31.6 Å². The molecule has 100 valence electrons. The summed E-state index contributed by atoms with van der Waals surface area (Å²) in [4.78, 5) is 23.2. The van der Waals surface area contributed by atoms with Crippen LogP contribution in [0.2, 0.25) is 0 Å². The number of amides is 1. The van der Waals surface area contributed by atoms with Gasteiger partial charge in [0.1, 0.15) is 6.04 Å². The van der Waals surface area contributed by atoms with Crippen LogP contribution in [-0.2, 0) is 14.3 Å². The van der Waals surface area contributed by atoms with Crippen molar-refractivity contribution in [3.8, 4) is 0 Å². The number of esters is 1. The van der Waals surface area contributed by atoms with E-state index in [9.17, 15) is 9.59 Å². The summed E-state index contributed by atoms with van der Waals surface area (Å²) in [6, 6.07) is -0.610. The third-order valence-electron chi connectivity index (χ3n) is 3.34. The molecule has 0 radical (unpaired) electrons. The predicted octanol–water partition coefficient (Wildman–Crippen LogP) is 0.605. The Morgan fingerprint density at radius 3 is 2.35 bits per heavy atom. The molecule has 1 fully saturated rings. The highest BCUT2D eigenvalue weighted by Gasteiger charge is 2.40. The van der Waals surface area contributed by atoms with Gasteiger partial charge >= 0.3 is 5.97 Å². The molecule has 0 aromatic carbocycles. The van der Waals surface area contributed by atoms with Gasteiger partial charge in [0.05, 0.1) is 12.5 Å². The fraction of sp³-hybridized carbons (Fsp3) is 0.818. The highest BCUT2D eigenvalue weighted by molar-refractivity contribution is 5.88. The van der Waals surface area contributed by atoms with E-state index in [1.807, 2.05) is 0 Å². The molecule has 0 aromatic rings. The second-order valence-electron chi connectivity index (χ2n) is 4.41. The van der Waals surface area contributed by atoms with Crippen LogP contribution in [0.4, 0.5) is 0 Å². The van der Waals surface area contributed by atoms with Crippen molar-refractivity contribution in [2.24, 2.45) is 11.1 Å². The molecule has 1 aliphatic rings. The van der Waals surface area contributed by atoms with Gasteiger partial charge in [-0.25, -0.2) is 4.79 Å². The van der Waals surface area contributed by atoms with Crippen molar-refractivity contribution in [2.75, 3.05) is 13.7 Å². The average Bonchev–Trinajstić information content (AvgIpc) is 2.77. The maximum atomic E-state index is 12.0. The van der Waals surface area contributed by atoms with Gasteiger partial charge in [-0.05, 0) is 19.8 Å². The van der Waals surface area contributed by atoms with Gasteiger partial charge < -0.3 is 15.8 Å². The van der Waals surface area contributed by atoms with Crippen LogP contribution >= 0.6 is 12.4 Å². The minimum absolute atomic E-state index is 0. The maximum absolute atomic E-state index is 12.0. The molecule has 0 aromatic heterocycles. The number of ether oxygens (including phenoxy) is 1. The minimum atomic E-state index is -0.610. The SMILES string of the molecule is COC(=O)C(C)NC(=O)C1(CN)CCCC1.Cl. The molecule has 17 heavy (non-hydrogen) atoms. The van der Waals surface area contributed by atoms with Crippen LogP contribution in [0.5, 0.6) is 0 Å². The number of rotatable bonds is 4. The fourth-order valence-electron chi connectivity index (χ4n) is 2.16. The Morgan fingerprint density at radius 1 is 1.41 bits per heavy atom. The number of hydrogen-bond donors (Lipinski definition) is 2. The molecule has 1 unspecified atom stereocenters. The Kier molecular flexibility index (Phi) is 6.49. The molecule has 0 bridgehead atoms. The van der Waals surface area contributed by atoms with Crippen LogP contribution in [0.3, 0.4) is 0 Å². The van der Waals surface area contributed by atoms with E-state index in [0.717, 1.165) is 25.7 Å². The zero-order valence-corrected chi connectivity index (χ0v) is 11.1. The number of halogens is 1. The van der Waals surface area contributed by atoms with Crippen LogP contribution in [0.15, 0.2) is 0 Å². The first kappa shape index (κ1) is 16.2. The molecule has 1 aliphatic carbocycles. The molecule has 3 N–H and O–H groups in total. The number of methoxy groups -OCH3 is 1. The van der Waals surface area contributed by atoms with Crippen molar-refractivity contribution >= 4 is 24.3 Å². The Bertz CT molecular complexity index is 278. The first-order chi connectivity index (χ1) is 7.55. The fourth-order valence-corrected chi connectivity index (χ4v) is 2.16. The highest BCUT2D eigenvalue weighted by Crippen LogP contribution is 2.37. The molecule has 0 heterocycles. The Balaban J connectivity index is 0.00000256. The van der Waals surface area contributed by atoms with Crippen molar-refractivity contribution in [3.63, 3.8) is 0 Å². The quantitative estimate of drug-likeness (QED) is 0.729. The van der Waals surface area contributed by atoms with E-state index >= 15 is 0 Å². The van der Waals surface area contributed by atoms with E-state index in [2.05, 4.69) is 10.1 Å². The van der Waals surface area contributed by atoms with Crippen molar-refractivity contribution in [2.45, 2.75) is 38.6 Å². The van der Waals surface area contributed by atoms with Crippen molar-refractivity contribution in [3.05, 3.63) is 0 Å². The smallest absolute Gasteiger partial charge is 0.328 e. The Morgan fingerprint density at radius 2 is 1.94 bits per heavy atom. The summed E-state index contributed by atoms with van der Waals surface area (Å²) < 4.78 is 4.56. The molecule has 1 atom stereocenters. The first-order valence-corrected chi connectivity index (χ1v) is 5.64. The van der Waals surface area contributed by atoms with Crippen molar-refractivity contribution in [1.29, 1.82) is 0 Å². The van der Waals surface area contributed by atoms with E-state index < -0.39 is 17.4 Å². The summed E-state index contributed by atoms with van der Waals surface area (Å²) in [7, 11) is 1.30. The third-order valence-corrected chi connectivity index (χ3v) is 3.34. The van der Waals surface area contributed by atoms with Crippen LogP contribution in [0.25, 0.3) is 0 Å². The standard InChI is InChI=1S/C11H20N2O3.ClH/c1-8(9(14)16-2)13-10(15)11(7-12)5-3-4-6-11;/h8H,3-7,12H2,1-2H3,(H,13,15);1H. The summed E-state index contributed by atoms with van der Waals surface area (Å²) >= 11 is 0. The molecule has 1 rings (SSSR count). The summed E-state index contributed by atoms with van der Waals surface area (Å²) in [5.74, 6) is -0.552. The highest BCUT2D eigenvalue weighted by atomic mass is 35.5. The van der Waals surface area contributed by atoms with Gasteiger partial charge in [-0.1, -0.05) is 12.8 Å². The lowest BCUT2D eigenvalue weighted by molar-refractivity contribution is -0.146. The minimum Gasteiger partial charge on any atom is -0.467 e. The molecule has 0 spiro atoms. The number of nitrogens with one attached hydrogen (secondary N) is 1. The number of carbonyl (C=O) groups excluding carboxylic acids is 2. The van der Waals surface area contributed by atoms with Crippen LogP contribution < -0.4 is 11.1 Å². The van der Waals surface area contributed by atoms with Crippen molar-refractivity contribution in [1.82, 2.24) is 5.32 Å². The summed E-state index contributed by atoms with van der Waals surface area (Å²) in [5, 5.41) is 2.67. The molecular weight excluding hydrogens is 244 g/mol. The Hall–Kier alpha value is -0.810. The number of hydrogen-bond acceptors (Lipinski definition) is 4. The normalized spacial score (nSPS) is 19.0. The average molecular weight is 265 g/mol. The summed E-state index contributed by atoms with van der Waals surface area (Å²) in [6.07, 6.45) is 3.67. The van der Waals surface area contributed by atoms with Crippen molar-refractivity contribution < 1.29 is 14.3 Å². The van der Waals surface area contributed by atoms with Gasteiger partial charge in [0.15, 0.2) is 0 Å². The van der Waals surface area contributed by atoms with E-state index in [1.165, 1.54) is 7.11 Å². The molecule has 1 saturated carbocycles. The van der Waals surface area contributed by atoms with Gasteiger partial charge in [-0.3, -0.25) is 4.79 Å². The number of nitrogens with two attached hydrogens (primary N) is 1. The zero-order valence-electron chi connectivity index (χ0n) is 10.3. The van der Waals surface area contributed by atoms with E-state index in [4.69, 9.17) is 5.73 Å². The topological polar surface area (TPSA) is 81.4 Å². The van der Waals surface area contributed by atoms with Gasteiger partial charge in [-0.15, -0.1) is 12.4 Å². The van der Waals surface area contributed by atoms with E-state index in [1.54, 1.807) is 6.92 Å². The molecule has 0 aliphatic heterocycles. The monoisotopic (exact) mass is 264 g/mol. The molecular formula is C11H21ClN2O3. The largest absolute Gasteiger partial charge is 0.467 e. The second kappa shape index (κ2) is 6.81. The lowest BCUT2D eigenvalue weighted by Gasteiger charge is -2.27. The van der Waals surface area contributed by atoms with Gasteiger partial charge in [0.2, 0.25) is 5.91 Å². The molecule has 0 saturated heterocycles. The second-order valence-corrected chi connectivity index (χ2v) is 4.41. The molecule has 5 nitrogen and oxygen atoms in total. The summed E-state index contributed by atoms with van der Waals surface area (Å²) in [5.41, 5.74) is 5.21. The lowest BCUT2D eigenvalue weighted by Crippen LogP contribution is -2.49. The van der Waals surface area contributed by atoms with Crippen LogP contribution in [0, 0.1) is 5.41 Å². The number of carbonyl (C=O) groups is 2. The first-order valence-electron chi connectivity index (χ1n) is 5.64. The van der Waals surface area contributed by atoms with Gasteiger partial charge in [0.25, 0.3) is 0 Å². The predicted molar refractivity (Wildman–Crippen MR) is 66.8 cm³/mol. The molecule has 1 amide bonds. The van der Waals surface area contributed by atoms with Crippen LogP contribution in [0.1, 0.15) is 32.6 Å². The molecule has 6 heteroatoms. The zero-order chi connectivity index (χ0) is 12.2. The van der Waals surface area contributed by atoms with E-state index in [0.29, 0.717) is 6.54 Å². The van der Waals surface area contributed by atoms with E-state index in [-0.39, 0.29) is 18.3 Å².